The van der Waals surface area contributed by atoms with Crippen molar-refractivity contribution in [2.75, 3.05) is 14.2 Å². The molecule has 2 rings (SSSR count). The number of ketones is 1. The van der Waals surface area contributed by atoms with Gasteiger partial charge in [-0.15, -0.1) is 11.3 Å². The Morgan fingerprint density at radius 3 is 2.15 bits per heavy atom. The molecule has 20 heavy (non-hydrogen) atoms. The summed E-state index contributed by atoms with van der Waals surface area (Å²) in [5.41, 5.74) is 1.70. The van der Waals surface area contributed by atoms with Crippen LogP contribution in [0.25, 0.3) is 0 Å². The Labute approximate surface area is 131 Å². The third-order valence-corrected chi connectivity index (χ3v) is 4.36. The molecule has 0 saturated carbocycles. The van der Waals surface area contributed by atoms with Crippen molar-refractivity contribution in [1.82, 2.24) is 0 Å². The van der Waals surface area contributed by atoms with Crippen LogP contribution in [0.1, 0.15) is 21.5 Å². The molecule has 0 bridgehead atoms. The number of hydrogen-bond acceptors (Lipinski definition) is 4. The van der Waals surface area contributed by atoms with Gasteiger partial charge in [0.05, 0.1) is 24.1 Å². The van der Waals surface area contributed by atoms with Crippen LogP contribution in [0.4, 0.5) is 0 Å². The Balaban J connectivity index is 2.52. The van der Waals surface area contributed by atoms with Gasteiger partial charge in [0, 0.05) is 5.56 Å². The van der Waals surface area contributed by atoms with E-state index in [1.165, 1.54) is 18.4 Å². The molecule has 0 fully saturated rings. The molecular formula is C14H12Cl2O3S. The lowest BCUT2D eigenvalue weighted by atomic mass is 10.00. The summed E-state index contributed by atoms with van der Waals surface area (Å²) in [6, 6.07) is 4.99. The molecule has 0 amide bonds. The van der Waals surface area contributed by atoms with Crippen molar-refractivity contribution >= 4 is 40.3 Å². The van der Waals surface area contributed by atoms with Crippen LogP contribution in [-0.4, -0.2) is 20.0 Å². The van der Waals surface area contributed by atoms with E-state index in [1.54, 1.807) is 25.3 Å². The number of carbonyl (C=O) groups excluding carboxylic acids is 1. The van der Waals surface area contributed by atoms with Crippen LogP contribution < -0.4 is 9.47 Å². The molecule has 0 aliphatic heterocycles. The molecule has 0 N–H and O–H groups in total. The molecule has 0 spiro atoms. The van der Waals surface area contributed by atoms with E-state index in [1.807, 2.05) is 6.92 Å². The summed E-state index contributed by atoms with van der Waals surface area (Å²) in [5.74, 6) is 0.895. The summed E-state index contributed by atoms with van der Waals surface area (Å²) in [4.78, 5) is 12.5. The molecule has 1 aromatic heterocycles. The summed E-state index contributed by atoms with van der Waals surface area (Å²) in [6.07, 6.45) is 0. The van der Waals surface area contributed by atoms with E-state index in [0.29, 0.717) is 31.3 Å². The molecule has 0 unspecified atom stereocenters. The highest BCUT2D eigenvalue weighted by Crippen LogP contribution is 2.35. The van der Waals surface area contributed by atoms with Gasteiger partial charge in [-0.25, -0.2) is 0 Å². The first-order valence-electron chi connectivity index (χ1n) is 5.70. The molecule has 1 heterocycles. The molecule has 1 aromatic carbocycles. The fourth-order valence-electron chi connectivity index (χ4n) is 1.87. The molecule has 0 aliphatic carbocycles. The van der Waals surface area contributed by atoms with Crippen LogP contribution in [-0.2, 0) is 0 Å². The summed E-state index contributed by atoms with van der Waals surface area (Å²) < 4.78 is 11.3. The van der Waals surface area contributed by atoms with Crippen molar-refractivity contribution in [2.24, 2.45) is 0 Å². The lowest BCUT2D eigenvalue weighted by molar-refractivity contribution is 0.103. The molecule has 106 valence electrons. The molecule has 0 atom stereocenters. The fourth-order valence-corrected chi connectivity index (χ4v) is 3.32. The molecule has 0 aliphatic rings. The Hall–Kier alpha value is -1.23. The van der Waals surface area contributed by atoms with Crippen molar-refractivity contribution in [3.8, 4) is 11.5 Å². The number of halogens is 2. The van der Waals surface area contributed by atoms with E-state index >= 15 is 0 Å². The van der Waals surface area contributed by atoms with Crippen molar-refractivity contribution < 1.29 is 14.3 Å². The molecule has 0 radical (unpaired) electrons. The van der Waals surface area contributed by atoms with Crippen molar-refractivity contribution in [3.05, 3.63) is 43.6 Å². The maximum atomic E-state index is 12.5. The number of carbonyl (C=O) groups is 1. The third kappa shape index (κ3) is 2.77. The van der Waals surface area contributed by atoms with Gasteiger partial charge in [-0.1, -0.05) is 23.2 Å². The quantitative estimate of drug-likeness (QED) is 0.768. The number of methoxy groups -OCH3 is 2. The summed E-state index contributed by atoms with van der Waals surface area (Å²) in [6.45, 7) is 1.83. The Morgan fingerprint density at radius 1 is 1.05 bits per heavy atom. The van der Waals surface area contributed by atoms with Gasteiger partial charge in [0.15, 0.2) is 17.3 Å². The highest BCUT2D eigenvalue weighted by atomic mass is 35.5. The first-order chi connectivity index (χ1) is 9.47. The van der Waals surface area contributed by atoms with Crippen molar-refractivity contribution in [2.45, 2.75) is 6.92 Å². The second kappa shape index (κ2) is 6.04. The average Bonchev–Trinajstić information content (AvgIpc) is 2.76. The SMILES string of the molecule is COc1cc(C)c(C(=O)c2cc(Cl)sc2Cl)cc1OC. The smallest absolute Gasteiger partial charge is 0.195 e. The number of hydrogen-bond donors (Lipinski definition) is 0. The zero-order valence-electron chi connectivity index (χ0n) is 11.1. The van der Waals surface area contributed by atoms with E-state index in [4.69, 9.17) is 32.7 Å². The molecule has 3 nitrogen and oxygen atoms in total. The Bertz CT molecular complexity index is 665. The number of rotatable bonds is 4. The largest absolute Gasteiger partial charge is 0.493 e. The third-order valence-electron chi connectivity index (χ3n) is 2.88. The minimum absolute atomic E-state index is 0.184. The van der Waals surface area contributed by atoms with Gasteiger partial charge in [-0.2, -0.15) is 0 Å². The average molecular weight is 331 g/mol. The summed E-state index contributed by atoms with van der Waals surface area (Å²) in [7, 11) is 3.07. The fraction of sp³-hybridized carbons (Fsp3) is 0.214. The van der Waals surface area contributed by atoms with Crippen LogP contribution in [0.15, 0.2) is 18.2 Å². The van der Waals surface area contributed by atoms with Crippen molar-refractivity contribution in [1.29, 1.82) is 0 Å². The lowest BCUT2D eigenvalue weighted by Crippen LogP contribution is -2.04. The van der Waals surface area contributed by atoms with Crippen LogP contribution in [0, 0.1) is 6.92 Å². The van der Waals surface area contributed by atoms with Crippen molar-refractivity contribution in [3.63, 3.8) is 0 Å². The van der Waals surface area contributed by atoms with Crippen LogP contribution >= 0.6 is 34.5 Å². The molecule has 0 saturated heterocycles. The number of ether oxygens (including phenoxy) is 2. The van der Waals surface area contributed by atoms with Gasteiger partial charge in [0.2, 0.25) is 0 Å². The number of benzene rings is 1. The Kier molecular flexibility index (Phi) is 4.58. The second-order valence-electron chi connectivity index (χ2n) is 4.09. The maximum absolute atomic E-state index is 12.5. The zero-order chi connectivity index (χ0) is 14.9. The van der Waals surface area contributed by atoms with Crippen LogP contribution in [0.5, 0.6) is 11.5 Å². The van der Waals surface area contributed by atoms with E-state index in [2.05, 4.69) is 0 Å². The first kappa shape index (κ1) is 15.2. The number of thiophene rings is 1. The highest BCUT2D eigenvalue weighted by molar-refractivity contribution is 7.20. The topological polar surface area (TPSA) is 35.5 Å². The monoisotopic (exact) mass is 330 g/mol. The predicted octanol–water partition coefficient (Wildman–Crippen LogP) is 4.61. The van der Waals surface area contributed by atoms with Gasteiger partial charge < -0.3 is 9.47 Å². The van der Waals surface area contributed by atoms with E-state index < -0.39 is 0 Å². The Morgan fingerprint density at radius 2 is 1.65 bits per heavy atom. The maximum Gasteiger partial charge on any atom is 0.195 e. The van der Waals surface area contributed by atoms with Gasteiger partial charge >= 0.3 is 0 Å². The van der Waals surface area contributed by atoms with Crippen LogP contribution in [0.3, 0.4) is 0 Å². The second-order valence-corrected chi connectivity index (χ2v) is 6.37. The standard InChI is InChI=1S/C14H12Cl2O3S/c1-7-4-10(18-2)11(19-3)5-8(7)13(17)9-6-12(15)20-14(9)16/h4-6H,1-3H3. The normalized spacial score (nSPS) is 10.4. The van der Waals surface area contributed by atoms with E-state index in [-0.39, 0.29) is 5.78 Å². The predicted molar refractivity (Wildman–Crippen MR) is 82.1 cm³/mol. The number of aryl methyl sites for hydroxylation is 1. The molecule has 2 aromatic rings. The zero-order valence-corrected chi connectivity index (χ0v) is 13.4. The summed E-state index contributed by atoms with van der Waals surface area (Å²) >= 11 is 13.1. The minimum Gasteiger partial charge on any atom is -0.493 e. The first-order valence-corrected chi connectivity index (χ1v) is 7.27. The van der Waals surface area contributed by atoms with E-state index in [9.17, 15) is 4.79 Å². The molecule has 6 heteroatoms. The highest BCUT2D eigenvalue weighted by Gasteiger charge is 2.20. The van der Waals surface area contributed by atoms with E-state index in [0.717, 1.165) is 5.56 Å². The van der Waals surface area contributed by atoms with Gasteiger partial charge in [0.1, 0.15) is 4.34 Å². The van der Waals surface area contributed by atoms with Gasteiger partial charge in [-0.05, 0) is 30.7 Å². The summed E-state index contributed by atoms with van der Waals surface area (Å²) in [5, 5.41) is 0. The molecular weight excluding hydrogens is 319 g/mol. The lowest BCUT2D eigenvalue weighted by Gasteiger charge is -2.11. The van der Waals surface area contributed by atoms with Crippen LogP contribution in [0.2, 0.25) is 8.67 Å². The van der Waals surface area contributed by atoms with Gasteiger partial charge in [0.25, 0.3) is 0 Å². The van der Waals surface area contributed by atoms with Gasteiger partial charge in [-0.3, -0.25) is 4.79 Å². The minimum atomic E-state index is -0.184.